The van der Waals surface area contributed by atoms with Gasteiger partial charge in [-0.2, -0.15) is 0 Å². The first-order valence-electron chi connectivity index (χ1n) is 9.30. The third-order valence-corrected chi connectivity index (χ3v) is 4.44. The summed E-state index contributed by atoms with van der Waals surface area (Å²) in [6.07, 6.45) is 0.101. The van der Waals surface area contributed by atoms with Crippen LogP contribution in [-0.2, 0) is 9.53 Å². The Morgan fingerprint density at radius 3 is 2.43 bits per heavy atom. The maximum absolute atomic E-state index is 13.7. The summed E-state index contributed by atoms with van der Waals surface area (Å²) < 4.78 is 24.8. The van der Waals surface area contributed by atoms with Gasteiger partial charge in [0.2, 0.25) is 11.8 Å². The second kappa shape index (κ2) is 8.77. The molecule has 0 aliphatic rings. The molecule has 2 aromatic carbocycles. The summed E-state index contributed by atoms with van der Waals surface area (Å²) in [5.74, 6) is -2.12. The monoisotopic (exact) mass is 413 g/mol. The molecule has 3 rings (SSSR count). The predicted molar refractivity (Wildman–Crippen MR) is 106 cm³/mol. The number of hydrogen-bond donors (Lipinski definition) is 1. The van der Waals surface area contributed by atoms with Crippen molar-refractivity contribution in [1.82, 2.24) is 4.57 Å². The third kappa shape index (κ3) is 4.17. The molecule has 0 fully saturated rings. The minimum Gasteiger partial charge on any atom is -0.494 e. The van der Waals surface area contributed by atoms with E-state index in [0.717, 1.165) is 16.7 Å². The lowest BCUT2D eigenvalue weighted by Crippen LogP contribution is -2.09. The van der Waals surface area contributed by atoms with Gasteiger partial charge in [0, 0.05) is 17.9 Å². The van der Waals surface area contributed by atoms with Crippen molar-refractivity contribution < 1.29 is 33.4 Å². The van der Waals surface area contributed by atoms with Crippen LogP contribution in [0.15, 0.2) is 42.5 Å². The van der Waals surface area contributed by atoms with Crippen LogP contribution >= 0.6 is 0 Å². The molecule has 7 nitrogen and oxygen atoms in total. The van der Waals surface area contributed by atoms with Crippen LogP contribution in [0.3, 0.4) is 0 Å². The summed E-state index contributed by atoms with van der Waals surface area (Å²) in [7, 11) is 0. The van der Waals surface area contributed by atoms with Crippen LogP contribution in [0.1, 0.15) is 41.0 Å². The molecule has 0 atom stereocenters. The van der Waals surface area contributed by atoms with E-state index < -0.39 is 23.4 Å². The number of carbonyl (C=O) groups excluding carboxylic acids is 3. The molecule has 1 N–H and O–H groups in total. The van der Waals surface area contributed by atoms with E-state index in [9.17, 15) is 23.9 Å². The van der Waals surface area contributed by atoms with Crippen molar-refractivity contribution in [2.45, 2.75) is 20.3 Å². The third-order valence-electron chi connectivity index (χ3n) is 4.44. The van der Waals surface area contributed by atoms with Gasteiger partial charge in [-0.3, -0.25) is 14.4 Å². The number of carbonyl (C=O) groups is 3. The van der Waals surface area contributed by atoms with Crippen LogP contribution in [0.2, 0.25) is 0 Å². The molecule has 0 radical (unpaired) electrons. The molecule has 156 valence electrons. The van der Waals surface area contributed by atoms with Crippen LogP contribution < -0.4 is 4.74 Å². The van der Waals surface area contributed by atoms with Crippen molar-refractivity contribution >= 4 is 28.6 Å². The van der Waals surface area contributed by atoms with Crippen molar-refractivity contribution in [3.63, 3.8) is 0 Å². The lowest BCUT2D eigenvalue weighted by Gasteiger charge is -2.07. The first kappa shape index (κ1) is 21.0. The summed E-state index contributed by atoms with van der Waals surface area (Å²) in [6, 6.07) is 9.71. The van der Waals surface area contributed by atoms with Gasteiger partial charge in [-0.05, 0) is 49.4 Å². The standard InChI is InChI=1S/C22H20FNO6/c1-3-29-19(26)10-11-30-16-7-4-14(5-8-16)21(27)20-17-9-6-15(23)12-18(17)24(13(2)25)22(20)28/h4-9,12,28H,3,10-11H2,1-2H3. The van der Waals surface area contributed by atoms with Crippen LogP contribution in [0.25, 0.3) is 10.9 Å². The van der Waals surface area contributed by atoms with E-state index in [0.29, 0.717) is 12.4 Å². The molecule has 3 aromatic rings. The fourth-order valence-electron chi connectivity index (χ4n) is 3.12. The van der Waals surface area contributed by atoms with Crippen molar-refractivity contribution in [2.75, 3.05) is 13.2 Å². The second-order valence-corrected chi connectivity index (χ2v) is 6.47. The normalized spacial score (nSPS) is 10.8. The van der Waals surface area contributed by atoms with Crippen LogP contribution in [0.5, 0.6) is 11.6 Å². The van der Waals surface area contributed by atoms with Gasteiger partial charge >= 0.3 is 5.97 Å². The first-order chi connectivity index (χ1) is 14.3. The molecule has 8 heteroatoms. The number of aromatic nitrogens is 1. The van der Waals surface area contributed by atoms with Crippen molar-refractivity contribution in [3.8, 4) is 11.6 Å². The number of benzene rings is 2. The largest absolute Gasteiger partial charge is 0.494 e. The highest BCUT2D eigenvalue weighted by Crippen LogP contribution is 2.33. The lowest BCUT2D eigenvalue weighted by molar-refractivity contribution is -0.143. The number of fused-ring (bicyclic) bond motifs is 1. The maximum atomic E-state index is 13.7. The van der Waals surface area contributed by atoms with Gasteiger partial charge in [-0.25, -0.2) is 8.96 Å². The summed E-state index contributed by atoms with van der Waals surface area (Å²) in [6.45, 7) is 3.36. The molecule has 1 aromatic heterocycles. The van der Waals surface area contributed by atoms with Crippen LogP contribution in [-0.4, -0.2) is 40.5 Å². The van der Waals surface area contributed by atoms with E-state index in [4.69, 9.17) is 9.47 Å². The number of rotatable bonds is 7. The molecule has 0 saturated carbocycles. The molecule has 30 heavy (non-hydrogen) atoms. The van der Waals surface area contributed by atoms with Crippen molar-refractivity contribution in [2.24, 2.45) is 0 Å². The zero-order valence-electron chi connectivity index (χ0n) is 16.5. The SMILES string of the molecule is CCOC(=O)CCOc1ccc(C(=O)c2c(O)n(C(C)=O)c3cc(F)ccc23)cc1. The van der Waals surface area contributed by atoms with Gasteiger partial charge in [0.25, 0.3) is 0 Å². The van der Waals surface area contributed by atoms with Crippen molar-refractivity contribution in [3.05, 3.63) is 59.4 Å². The van der Waals surface area contributed by atoms with E-state index in [1.54, 1.807) is 19.1 Å². The molecular formula is C22H20FNO6. The van der Waals surface area contributed by atoms with Crippen molar-refractivity contribution in [1.29, 1.82) is 0 Å². The van der Waals surface area contributed by atoms with E-state index in [1.807, 2.05) is 0 Å². The molecule has 1 heterocycles. The zero-order chi connectivity index (χ0) is 21.8. The van der Waals surface area contributed by atoms with Gasteiger partial charge in [-0.1, -0.05) is 0 Å². The number of ketones is 1. The number of halogens is 1. The molecular weight excluding hydrogens is 393 g/mol. The Kier molecular flexibility index (Phi) is 6.15. The Hall–Kier alpha value is -3.68. The number of aromatic hydroxyl groups is 1. The summed E-state index contributed by atoms with van der Waals surface area (Å²) in [4.78, 5) is 36.2. The summed E-state index contributed by atoms with van der Waals surface area (Å²) in [5, 5.41) is 10.8. The highest BCUT2D eigenvalue weighted by Gasteiger charge is 2.25. The number of nitrogens with zero attached hydrogens (tertiary/aromatic N) is 1. The van der Waals surface area contributed by atoms with Crippen LogP contribution in [0, 0.1) is 5.82 Å². The molecule has 0 amide bonds. The predicted octanol–water partition coefficient (Wildman–Crippen LogP) is 3.71. The molecule has 0 aliphatic carbocycles. The molecule has 0 spiro atoms. The number of hydrogen-bond acceptors (Lipinski definition) is 6. The Morgan fingerprint density at radius 2 is 1.80 bits per heavy atom. The second-order valence-electron chi connectivity index (χ2n) is 6.47. The molecule has 0 saturated heterocycles. The Balaban J connectivity index is 1.85. The average Bonchev–Trinajstić information content (AvgIpc) is 2.99. The summed E-state index contributed by atoms with van der Waals surface area (Å²) >= 11 is 0. The number of ether oxygens (including phenoxy) is 2. The van der Waals surface area contributed by atoms with Gasteiger partial charge < -0.3 is 14.6 Å². The van der Waals surface area contributed by atoms with Gasteiger partial charge in [0.05, 0.1) is 30.7 Å². The fourth-order valence-corrected chi connectivity index (χ4v) is 3.12. The quantitative estimate of drug-likeness (QED) is 0.469. The highest BCUT2D eigenvalue weighted by atomic mass is 19.1. The summed E-state index contributed by atoms with van der Waals surface area (Å²) in [5.41, 5.74) is 0.272. The molecule has 0 bridgehead atoms. The van der Waals surface area contributed by atoms with E-state index in [-0.39, 0.29) is 41.0 Å². The average molecular weight is 413 g/mol. The first-order valence-corrected chi connectivity index (χ1v) is 9.30. The fraction of sp³-hybridized carbons (Fsp3) is 0.227. The van der Waals surface area contributed by atoms with Gasteiger partial charge in [-0.15, -0.1) is 0 Å². The van der Waals surface area contributed by atoms with E-state index >= 15 is 0 Å². The minimum atomic E-state index is -0.592. The zero-order valence-corrected chi connectivity index (χ0v) is 16.5. The van der Waals surface area contributed by atoms with E-state index in [1.165, 1.54) is 25.1 Å². The smallest absolute Gasteiger partial charge is 0.309 e. The Labute approximate surface area is 171 Å². The van der Waals surface area contributed by atoms with Crippen LogP contribution in [0.4, 0.5) is 4.39 Å². The Morgan fingerprint density at radius 1 is 1.10 bits per heavy atom. The molecule has 0 aliphatic heterocycles. The maximum Gasteiger partial charge on any atom is 0.309 e. The Bertz CT molecular complexity index is 1120. The highest BCUT2D eigenvalue weighted by molar-refractivity contribution is 6.19. The minimum absolute atomic E-state index is 0.0869. The lowest BCUT2D eigenvalue weighted by atomic mass is 10.0. The topological polar surface area (TPSA) is 94.8 Å². The van der Waals surface area contributed by atoms with Gasteiger partial charge in [0.1, 0.15) is 11.6 Å². The number of esters is 1. The van der Waals surface area contributed by atoms with E-state index in [2.05, 4.69) is 0 Å². The van der Waals surface area contributed by atoms with Gasteiger partial charge in [0.15, 0.2) is 5.78 Å². The molecule has 0 unspecified atom stereocenters.